The molecule has 0 saturated carbocycles. The molecular formula is C12H14BrN3O3S. The third kappa shape index (κ3) is 4.19. The van der Waals surface area contributed by atoms with Crippen molar-refractivity contribution in [3.63, 3.8) is 0 Å². The van der Waals surface area contributed by atoms with E-state index >= 15 is 0 Å². The van der Waals surface area contributed by atoms with E-state index in [-0.39, 0.29) is 17.6 Å². The van der Waals surface area contributed by atoms with Gasteiger partial charge < -0.3 is 10.6 Å². The molecule has 0 spiro atoms. The summed E-state index contributed by atoms with van der Waals surface area (Å²) < 4.78 is 0.394. The van der Waals surface area contributed by atoms with Crippen molar-refractivity contribution in [1.82, 2.24) is 5.32 Å². The van der Waals surface area contributed by atoms with E-state index < -0.39 is 4.92 Å². The zero-order chi connectivity index (χ0) is 14.5. The molecule has 0 bridgehead atoms. The zero-order valence-corrected chi connectivity index (χ0v) is 13.0. The second kappa shape index (κ2) is 7.05. The summed E-state index contributed by atoms with van der Waals surface area (Å²) in [7, 11) is 0. The van der Waals surface area contributed by atoms with E-state index in [9.17, 15) is 14.9 Å². The minimum atomic E-state index is -0.487. The normalized spacial score (nSPS) is 18.6. The largest absolute Gasteiger partial charge is 0.326 e. The van der Waals surface area contributed by atoms with Crippen molar-refractivity contribution < 1.29 is 9.72 Å². The van der Waals surface area contributed by atoms with Gasteiger partial charge in [0.05, 0.1) is 9.40 Å². The fraction of sp³-hybridized carbons (Fsp3) is 0.417. The summed E-state index contributed by atoms with van der Waals surface area (Å²) in [5, 5.41) is 16.8. The Morgan fingerprint density at radius 1 is 1.60 bits per heavy atom. The van der Waals surface area contributed by atoms with E-state index in [0.717, 1.165) is 18.1 Å². The molecule has 1 aliphatic heterocycles. The number of hydrogen-bond acceptors (Lipinski definition) is 5. The van der Waals surface area contributed by atoms with Crippen LogP contribution < -0.4 is 10.6 Å². The van der Waals surface area contributed by atoms with Crippen molar-refractivity contribution >= 4 is 45.0 Å². The maximum Gasteiger partial charge on any atom is 0.285 e. The molecule has 1 fully saturated rings. The highest BCUT2D eigenvalue weighted by molar-refractivity contribution is 9.10. The van der Waals surface area contributed by atoms with Crippen LogP contribution in [0.4, 0.5) is 11.4 Å². The highest BCUT2D eigenvalue weighted by Crippen LogP contribution is 2.27. The predicted molar refractivity (Wildman–Crippen MR) is 83.2 cm³/mol. The van der Waals surface area contributed by atoms with Gasteiger partial charge in [-0.2, -0.15) is 11.8 Å². The Morgan fingerprint density at radius 3 is 3.05 bits per heavy atom. The lowest BCUT2D eigenvalue weighted by Crippen LogP contribution is -2.39. The fourth-order valence-corrected chi connectivity index (χ4v) is 3.26. The van der Waals surface area contributed by atoms with Crippen LogP contribution in [0.1, 0.15) is 6.42 Å². The first-order chi connectivity index (χ1) is 9.56. The molecule has 1 saturated heterocycles. The highest BCUT2D eigenvalue weighted by Gasteiger charge is 2.18. The van der Waals surface area contributed by atoms with E-state index in [0.29, 0.717) is 16.6 Å². The number of hydrogen-bond donors (Lipinski definition) is 2. The predicted octanol–water partition coefficient (Wildman–Crippen LogP) is 2.39. The number of nitrogens with one attached hydrogen (secondary N) is 2. The summed E-state index contributed by atoms with van der Waals surface area (Å²) in [5.74, 6) is 1.84. The van der Waals surface area contributed by atoms with Gasteiger partial charge in [-0.15, -0.1) is 0 Å². The molecule has 0 aromatic heterocycles. The van der Waals surface area contributed by atoms with Crippen LogP contribution in [0.15, 0.2) is 22.7 Å². The summed E-state index contributed by atoms with van der Waals surface area (Å²) in [6.45, 7) is 0.909. The average Bonchev–Trinajstić information content (AvgIpc) is 2.41. The molecule has 8 heteroatoms. The molecule has 1 aromatic carbocycles. The third-order valence-electron chi connectivity index (χ3n) is 2.86. The van der Waals surface area contributed by atoms with Crippen LogP contribution in [0, 0.1) is 10.1 Å². The summed E-state index contributed by atoms with van der Waals surface area (Å²) in [4.78, 5) is 22.2. The number of carbonyl (C=O) groups is 1. The number of halogens is 1. The van der Waals surface area contributed by atoms with Gasteiger partial charge in [0.1, 0.15) is 0 Å². The maximum atomic E-state index is 11.9. The third-order valence-corrected chi connectivity index (χ3v) is 4.66. The molecule has 6 nitrogen and oxygen atoms in total. The number of thioether (sulfide) groups is 1. The van der Waals surface area contributed by atoms with Crippen molar-refractivity contribution in [3.05, 3.63) is 32.8 Å². The topological polar surface area (TPSA) is 84.3 Å². The lowest BCUT2D eigenvalue weighted by Gasteiger charge is -2.22. The standard InChI is InChI=1S/C12H14BrN3O3S/c13-10-2-1-8(5-11(10)16(18)19)15-12(17)6-9-7-20-4-3-14-9/h1-2,5,9,14H,3-4,6-7H2,(H,15,17). The zero-order valence-electron chi connectivity index (χ0n) is 10.6. The van der Waals surface area contributed by atoms with Gasteiger partial charge in [-0.05, 0) is 28.1 Å². The molecule has 0 aliphatic carbocycles. The van der Waals surface area contributed by atoms with Crippen LogP contribution in [0.3, 0.4) is 0 Å². The number of anilines is 1. The second-order valence-corrected chi connectivity index (χ2v) is 6.41. The molecule has 1 amide bonds. The number of nitrogens with zero attached hydrogens (tertiary/aromatic N) is 1. The van der Waals surface area contributed by atoms with Crippen molar-refractivity contribution in [2.75, 3.05) is 23.4 Å². The van der Waals surface area contributed by atoms with Gasteiger partial charge in [-0.3, -0.25) is 14.9 Å². The minimum absolute atomic E-state index is 0.0610. The smallest absolute Gasteiger partial charge is 0.285 e. The van der Waals surface area contributed by atoms with Crippen molar-refractivity contribution in [3.8, 4) is 0 Å². The lowest BCUT2D eigenvalue weighted by molar-refractivity contribution is -0.385. The maximum absolute atomic E-state index is 11.9. The second-order valence-electron chi connectivity index (χ2n) is 4.40. The van der Waals surface area contributed by atoms with Crippen LogP contribution >= 0.6 is 27.7 Å². The van der Waals surface area contributed by atoms with Gasteiger partial charge in [0.25, 0.3) is 5.69 Å². The Kier molecular flexibility index (Phi) is 5.38. The molecule has 1 heterocycles. The Hall–Kier alpha value is -1.12. The highest BCUT2D eigenvalue weighted by atomic mass is 79.9. The Balaban J connectivity index is 1.96. The molecule has 1 atom stereocenters. The Morgan fingerprint density at radius 2 is 2.40 bits per heavy atom. The SMILES string of the molecule is O=C(CC1CSCCN1)Nc1ccc(Br)c([N+](=O)[O-])c1. The number of rotatable bonds is 4. The quantitative estimate of drug-likeness (QED) is 0.636. The molecule has 2 rings (SSSR count). The summed E-state index contributed by atoms with van der Waals surface area (Å²) >= 11 is 4.93. The van der Waals surface area contributed by atoms with Crippen LogP contribution in [-0.2, 0) is 4.79 Å². The van der Waals surface area contributed by atoms with Crippen LogP contribution in [0.25, 0.3) is 0 Å². The molecule has 1 aliphatic rings. The van der Waals surface area contributed by atoms with Crippen molar-refractivity contribution in [2.45, 2.75) is 12.5 Å². The van der Waals surface area contributed by atoms with E-state index in [1.807, 2.05) is 11.8 Å². The van der Waals surface area contributed by atoms with E-state index in [4.69, 9.17) is 0 Å². The average molecular weight is 360 g/mol. The first-order valence-electron chi connectivity index (χ1n) is 6.11. The van der Waals surface area contributed by atoms with E-state index in [2.05, 4.69) is 26.6 Å². The molecule has 1 unspecified atom stereocenters. The van der Waals surface area contributed by atoms with Crippen molar-refractivity contribution in [2.24, 2.45) is 0 Å². The molecule has 1 aromatic rings. The number of carbonyl (C=O) groups excluding carboxylic acids is 1. The molecule has 0 radical (unpaired) electrons. The number of benzene rings is 1. The first-order valence-corrected chi connectivity index (χ1v) is 8.06. The first kappa shape index (κ1) is 15.3. The molecule has 2 N–H and O–H groups in total. The van der Waals surface area contributed by atoms with Crippen LogP contribution in [0.2, 0.25) is 0 Å². The Labute approximate surface area is 129 Å². The van der Waals surface area contributed by atoms with Gasteiger partial charge in [0.2, 0.25) is 5.91 Å². The Bertz CT molecular complexity index is 521. The number of nitro groups is 1. The van der Waals surface area contributed by atoms with E-state index in [1.54, 1.807) is 12.1 Å². The van der Waals surface area contributed by atoms with Gasteiger partial charge >= 0.3 is 0 Å². The summed E-state index contributed by atoms with van der Waals surface area (Å²) in [6, 6.07) is 4.71. The monoisotopic (exact) mass is 359 g/mol. The molecular weight excluding hydrogens is 346 g/mol. The van der Waals surface area contributed by atoms with Crippen LogP contribution in [-0.4, -0.2) is 34.9 Å². The summed E-state index contributed by atoms with van der Waals surface area (Å²) in [6.07, 6.45) is 0.372. The molecule has 20 heavy (non-hydrogen) atoms. The van der Waals surface area contributed by atoms with Gasteiger partial charge in [0, 0.05) is 42.3 Å². The summed E-state index contributed by atoms with van der Waals surface area (Å²) in [5.41, 5.74) is 0.377. The minimum Gasteiger partial charge on any atom is -0.326 e. The number of nitro benzene ring substituents is 1. The molecule has 108 valence electrons. The fourth-order valence-electron chi connectivity index (χ4n) is 1.92. The van der Waals surface area contributed by atoms with Gasteiger partial charge in [0.15, 0.2) is 0 Å². The number of amides is 1. The van der Waals surface area contributed by atoms with Gasteiger partial charge in [-0.25, -0.2) is 0 Å². The van der Waals surface area contributed by atoms with Crippen LogP contribution in [0.5, 0.6) is 0 Å². The van der Waals surface area contributed by atoms with Gasteiger partial charge in [-0.1, -0.05) is 0 Å². The van der Waals surface area contributed by atoms with E-state index in [1.165, 1.54) is 6.07 Å². The lowest BCUT2D eigenvalue weighted by atomic mass is 10.2. The van der Waals surface area contributed by atoms with Crippen molar-refractivity contribution in [1.29, 1.82) is 0 Å².